The topological polar surface area (TPSA) is 219 Å². The molecule has 9 heterocycles. The van der Waals surface area contributed by atoms with Gasteiger partial charge in [-0.15, -0.1) is 11.3 Å². The highest BCUT2D eigenvalue weighted by Gasteiger charge is 2.33. The predicted molar refractivity (Wildman–Crippen MR) is 263 cm³/mol. The molecule has 0 unspecified atom stereocenters. The second-order valence-electron chi connectivity index (χ2n) is 17.8. The van der Waals surface area contributed by atoms with Crippen molar-refractivity contribution in [3.63, 3.8) is 0 Å². The molecule has 0 radical (unpaired) electrons. The Morgan fingerprint density at radius 2 is 1.34 bits per heavy atom. The molecule has 7 aromatic heterocycles. The molecule has 2 fully saturated rings. The van der Waals surface area contributed by atoms with Gasteiger partial charge in [0.2, 0.25) is 10.0 Å². The molecule has 2 saturated heterocycles. The first-order valence-electron chi connectivity index (χ1n) is 22.8. The number of para-hydroxylation sites is 1. The van der Waals surface area contributed by atoms with Crippen LogP contribution in [0.1, 0.15) is 95.2 Å². The maximum absolute atomic E-state index is 14.6. The average Bonchev–Trinajstić information content (AvgIpc) is 4.19. The summed E-state index contributed by atoms with van der Waals surface area (Å²) in [7, 11) is -3.30. The Bertz CT molecular complexity index is 3480. The van der Waals surface area contributed by atoms with Crippen LogP contribution in [-0.2, 0) is 10.0 Å². The molecule has 0 aliphatic carbocycles. The minimum Gasteiger partial charge on any atom is -0.382 e. The van der Waals surface area contributed by atoms with Crippen molar-refractivity contribution in [3.05, 3.63) is 107 Å². The first kappa shape index (κ1) is 42.7. The fourth-order valence-electron chi connectivity index (χ4n) is 10.0. The molecule has 0 bridgehead atoms. The lowest BCUT2D eigenvalue weighted by Gasteiger charge is -2.31. The minimum atomic E-state index is -3.30. The van der Waals surface area contributed by atoms with Gasteiger partial charge in [-0.3, -0.25) is 18.4 Å². The molecule has 11 rings (SSSR count). The molecule has 0 atom stereocenters. The number of amides is 1. The number of unbranched alkanes of at least 4 members (excludes halogenated alkanes) is 1. The molecule has 67 heavy (non-hydrogen) atoms. The maximum Gasteiger partial charge on any atom is 0.264 e. The number of nitrogen functional groups attached to an aromatic ring is 2. The van der Waals surface area contributed by atoms with Crippen LogP contribution >= 0.6 is 11.3 Å². The van der Waals surface area contributed by atoms with E-state index in [1.165, 1.54) is 18.3 Å². The van der Waals surface area contributed by atoms with E-state index in [4.69, 9.17) is 21.4 Å². The smallest absolute Gasteiger partial charge is 0.264 e. The molecule has 9 aromatic rings. The fourth-order valence-corrected chi connectivity index (χ4v) is 12.7. The van der Waals surface area contributed by atoms with Crippen molar-refractivity contribution in [3.8, 4) is 33.9 Å². The Morgan fingerprint density at radius 3 is 1.94 bits per heavy atom. The van der Waals surface area contributed by atoms with Gasteiger partial charge in [0.25, 0.3) is 5.91 Å². The van der Waals surface area contributed by atoms with E-state index in [2.05, 4.69) is 32.1 Å². The highest BCUT2D eigenvalue weighted by atomic mass is 32.2. The van der Waals surface area contributed by atoms with Gasteiger partial charge in [0.15, 0.2) is 5.78 Å². The van der Waals surface area contributed by atoms with Crippen LogP contribution in [0.25, 0.3) is 66.7 Å². The Hall–Kier alpha value is -6.89. The number of H-pyrrole nitrogens is 2. The van der Waals surface area contributed by atoms with Crippen LogP contribution in [0.2, 0.25) is 0 Å². The molecule has 2 aromatic carbocycles. The predicted octanol–water partition coefficient (Wildman–Crippen LogP) is 8.49. The van der Waals surface area contributed by atoms with E-state index in [1.54, 1.807) is 16.7 Å². The molecule has 1 amide bonds. The number of carbonyl (C=O) groups excluding carboxylic acids is 2. The molecule has 342 valence electrons. The van der Waals surface area contributed by atoms with E-state index in [1.807, 2.05) is 81.5 Å². The number of rotatable bonds is 11. The first-order chi connectivity index (χ1) is 32.4. The number of Topliss-reactive ketones (excluding diaryl/α,β-unsaturated/α-hetero) is 1. The van der Waals surface area contributed by atoms with Gasteiger partial charge in [-0.2, -0.15) is 0 Å². The first-order valence-corrected chi connectivity index (χ1v) is 25.3. The molecule has 2 aliphatic rings. The molecule has 2 aliphatic heterocycles. The van der Waals surface area contributed by atoms with E-state index >= 15 is 0 Å². The Morgan fingerprint density at radius 1 is 0.761 bits per heavy atom. The second-order valence-corrected chi connectivity index (χ2v) is 20.9. The Kier molecular flexibility index (Phi) is 10.7. The van der Waals surface area contributed by atoms with Crippen LogP contribution in [0.5, 0.6) is 0 Å². The van der Waals surface area contributed by atoms with Crippen molar-refractivity contribution >= 4 is 77.5 Å². The number of nitrogens with two attached hydrogens (primary N) is 2. The quantitative estimate of drug-likeness (QED) is 0.0907. The van der Waals surface area contributed by atoms with E-state index < -0.39 is 10.0 Å². The summed E-state index contributed by atoms with van der Waals surface area (Å²) in [5, 5.41) is 1.98. The average molecular weight is 935 g/mol. The maximum atomic E-state index is 14.6. The number of sulfonamides is 1. The number of ketones is 1. The number of aromatic nitrogens is 8. The summed E-state index contributed by atoms with van der Waals surface area (Å²) in [5.41, 5.74) is 20.9. The Labute approximate surface area is 390 Å². The van der Waals surface area contributed by atoms with Gasteiger partial charge in [0.05, 0.1) is 22.0 Å². The van der Waals surface area contributed by atoms with Crippen molar-refractivity contribution in [2.75, 3.05) is 43.4 Å². The number of nitrogens with one attached hydrogen (secondary N) is 2. The van der Waals surface area contributed by atoms with Crippen LogP contribution in [0.15, 0.2) is 85.5 Å². The van der Waals surface area contributed by atoms with Gasteiger partial charge in [-0.05, 0) is 81.0 Å². The number of aromatic amines is 2. The number of hydrogen-bond donors (Lipinski definition) is 4. The van der Waals surface area contributed by atoms with Gasteiger partial charge in [0, 0.05) is 90.2 Å². The van der Waals surface area contributed by atoms with Gasteiger partial charge in [0.1, 0.15) is 50.6 Å². The molecule has 18 heteroatoms. The van der Waals surface area contributed by atoms with Gasteiger partial charge < -0.3 is 26.3 Å². The zero-order valence-electron chi connectivity index (χ0n) is 37.2. The van der Waals surface area contributed by atoms with E-state index in [9.17, 15) is 18.0 Å². The van der Waals surface area contributed by atoms with Crippen molar-refractivity contribution in [1.82, 2.24) is 47.9 Å². The van der Waals surface area contributed by atoms with Gasteiger partial charge in [-0.1, -0.05) is 37.6 Å². The van der Waals surface area contributed by atoms with Crippen molar-refractivity contribution in [1.29, 1.82) is 0 Å². The van der Waals surface area contributed by atoms with Crippen molar-refractivity contribution in [2.45, 2.75) is 64.2 Å². The third kappa shape index (κ3) is 7.52. The lowest BCUT2D eigenvalue weighted by molar-refractivity contribution is 0.0716. The highest BCUT2D eigenvalue weighted by Crippen LogP contribution is 2.40. The normalized spacial score (nSPS) is 15.8. The number of fused-ring (bicyclic) bond motifs is 4. The molecule has 6 N–H and O–H groups in total. The van der Waals surface area contributed by atoms with Gasteiger partial charge in [-0.25, -0.2) is 32.7 Å². The molecular weight excluding hydrogens is 885 g/mol. The summed E-state index contributed by atoms with van der Waals surface area (Å²) in [4.78, 5) is 56.6. The number of anilines is 2. The van der Waals surface area contributed by atoms with E-state index in [0.29, 0.717) is 96.4 Å². The van der Waals surface area contributed by atoms with Crippen LogP contribution < -0.4 is 11.5 Å². The largest absolute Gasteiger partial charge is 0.382 e. The summed E-state index contributed by atoms with van der Waals surface area (Å²) in [5.74, 6) is 2.51. The van der Waals surface area contributed by atoms with Crippen molar-refractivity contribution in [2.24, 2.45) is 0 Å². The fraction of sp³-hybridized carbons (Fsp3) is 0.306. The van der Waals surface area contributed by atoms with Crippen molar-refractivity contribution < 1.29 is 18.0 Å². The number of likely N-dealkylation sites (tertiary alicyclic amines) is 1. The lowest BCUT2D eigenvalue weighted by atomic mass is 9.95. The third-order valence-corrected chi connectivity index (χ3v) is 16.8. The minimum absolute atomic E-state index is 0.0267. The van der Waals surface area contributed by atoms with E-state index in [0.717, 1.165) is 68.0 Å². The number of benzene rings is 2. The van der Waals surface area contributed by atoms with Crippen LogP contribution in [-0.4, -0.2) is 100.0 Å². The highest BCUT2D eigenvalue weighted by molar-refractivity contribution is 7.89. The number of thiophene rings is 1. The zero-order valence-corrected chi connectivity index (χ0v) is 38.8. The summed E-state index contributed by atoms with van der Waals surface area (Å²) in [6.45, 7) is 5.45. The molecule has 0 spiro atoms. The number of carbonyl (C=O) groups is 2. The summed E-state index contributed by atoms with van der Waals surface area (Å²) in [6, 6.07) is 20.0. The Balaban J connectivity index is 0.857. The van der Waals surface area contributed by atoms with Gasteiger partial charge >= 0.3 is 0 Å². The third-order valence-electron chi connectivity index (χ3n) is 13.6. The molecule has 0 saturated carbocycles. The number of nitrogens with zero attached hydrogens (tertiary/aromatic N) is 8. The number of hydrogen-bond acceptors (Lipinski definition) is 11. The zero-order chi connectivity index (χ0) is 46.1. The van der Waals surface area contributed by atoms with Crippen LogP contribution in [0.4, 0.5) is 11.6 Å². The lowest BCUT2D eigenvalue weighted by Crippen LogP contribution is -2.39. The van der Waals surface area contributed by atoms with Crippen LogP contribution in [0, 0.1) is 0 Å². The molecular formula is C49H50N12O4S2. The summed E-state index contributed by atoms with van der Waals surface area (Å²) in [6.07, 6.45) is 11.3. The monoisotopic (exact) mass is 934 g/mol. The summed E-state index contributed by atoms with van der Waals surface area (Å²) < 4.78 is 31.6. The second kappa shape index (κ2) is 16.8. The number of piperidine rings is 2. The molecule has 16 nitrogen and oxygen atoms in total. The summed E-state index contributed by atoms with van der Waals surface area (Å²) >= 11 is 1.24. The van der Waals surface area contributed by atoms with Crippen LogP contribution in [0.3, 0.4) is 0 Å². The number of imidazole rings is 2. The standard InChI is InChI=1S/C49H50N12O4S2/c1-3-4-23-67(64,65)59-19-13-30(14-20-59)48-57-41(43-46(51)53-16-22-61(43)48)38-26-33-24-31(9-10-36(33)55-38)34-27-39(28(2)62)66-44(34)49(63)58-17-11-29(12-18-58)47-56-40(42-45(50)52-15-21-60(42)47)37-25-32-7-5-6-8-35(32)54-37/h5-10,15-16,21-22,24-27,29-30,54-55H,3-4,11-14,17-20,23H2,1-2H3,(H2,50,52)(H2,51,53). The van der Waals surface area contributed by atoms with E-state index in [-0.39, 0.29) is 29.3 Å². The SMILES string of the molecule is CCCCS(=O)(=O)N1CCC(c2nc(-c3cc4cc(-c5cc(C(C)=O)sc5C(=O)N5CCC(c6nc(-c7cc8ccccc8[nH]7)c7c(N)nccn67)CC5)ccc4[nH]3)c3c(N)nccn23)CC1.